The molecular formula is C21H25N3O3S. The van der Waals surface area contributed by atoms with Crippen LogP contribution in [0.5, 0.6) is 5.75 Å². The first-order valence-corrected chi connectivity index (χ1v) is 10.6. The molecule has 0 radical (unpaired) electrons. The van der Waals surface area contributed by atoms with Crippen molar-refractivity contribution in [1.82, 2.24) is 9.88 Å². The van der Waals surface area contributed by atoms with E-state index in [9.17, 15) is 9.59 Å². The van der Waals surface area contributed by atoms with Gasteiger partial charge in [-0.3, -0.25) is 14.5 Å². The summed E-state index contributed by atoms with van der Waals surface area (Å²) in [6.07, 6.45) is 2.08. The highest BCUT2D eigenvalue weighted by Gasteiger charge is 2.36. The molecule has 2 aliphatic heterocycles. The van der Waals surface area contributed by atoms with Crippen LogP contribution in [0, 0.1) is 13.8 Å². The number of aromatic nitrogens is 1. The number of likely N-dealkylation sites (tertiary alicyclic amines) is 1. The molecule has 0 N–H and O–H groups in total. The predicted molar refractivity (Wildman–Crippen MR) is 110 cm³/mol. The van der Waals surface area contributed by atoms with Crippen LogP contribution in [0.3, 0.4) is 0 Å². The van der Waals surface area contributed by atoms with Crippen LogP contribution in [0.1, 0.15) is 36.1 Å². The number of hydrogen-bond donors (Lipinski definition) is 0. The van der Waals surface area contributed by atoms with Gasteiger partial charge < -0.3 is 9.64 Å². The van der Waals surface area contributed by atoms with E-state index in [0.29, 0.717) is 17.9 Å². The summed E-state index contributed by atoms with van der Waals surface area (Å²) in [5.41, 5.74) is 2.51. The van der Waals surface area contributed by atoms with Crippen LogP contribution in [-0.4, -0.2) is 47.4 Å². The summed E-state index contributed by atoms with van der Waals surface area (Å²) in [7, 11) is 0. The van der Waals surface area contributed by atoms with E-state index in [1.807, 2.05) is 43.9 Å². The maximum absolute atomic E-state index is 13.0. The lowest BCUT2D eigenvalue weighted by Crippen LogP contribution is -2.50. The summed E-state index contributed by atoms with van der Waals surface area (Å²) >= 11 is 1.65. The van der Waals surface area contributed by atoms with E-state index in [1.165, 1.54) is 0 Å². The lowest BCUT2D eigenvalue weighted by Gasteiger charge is -2.34. The number of amides is 2. The number of thiazole rings is 1. The van der Waals surface area contributed by atoms with Gasteiger partial charge in [0.1, 0.15) is 12.3 Å². The molecule has 148 valence electrons. The zero-order valence-corrected chi connectivity index (χ0v) is 17.3. The Hall–Kier alpha value is -2.41. The summed E-state index contributed by atoms with van der Waals surface area (Å²) in [6.45, 7) is 7.56. The lowest BCUT2D eigenvalue weighted by molar-refractivity contribution is -0.132. The number of fused-ring (bicyclic) bond motifs is 1. The van der Waals surface area contributed by atoms with Gasteiger partial charge in [0.05, 0.1) is 16.4 Å². The molecule has 0 aliphatic carbocycles. The van der Waals surface area contributed by atoms with Crippen molar-refractivity contribution in [1.29, 1.82) is 0 Å². The van der Waals surface area contributed by atoms with Gasteiger partial charge in [-0.15, -0.1) is 11.3 Å². The molecule has 1 unspecified atom stereocenters. The van der Waals surface area contributed by atoms with E-state index in [2.05, 4.69) is 4.98 Å². The van der Waals surface area contributed by atoms with Crippen molar-refractivity contribution < 1.29 is 14.3 Å². The minimum Gasteiger partial charge on any atom is -0.478 e. The van der Waals surface area contributed by atoms with Crippen molar-refractivity contribution >= 4 is 28.8 Å². The highest BCUT2D eigenvalue weighted by Crippen LogP contribution is 2.39. The second kappa shape index (κ2) is 7.54. The smallest absolute Gasteiger partial charge is 0.268 e. The van der Waals surface area contributed by atoms with Gasteiger partial charge >= 0.3 is 0 Å². The normalized spacial score (nSPS) is 19.0. The number of nitrogens with zero attached hydrogens (tertiary/aromatic N) is 3. The fraction of sp³-hybridized carbons (Fsp3) is 0.476. The second-order valence-electron chi connectivity index (χ2n) is 7.35. The molecule has 28 heavy (non-hydrogen) atoms. The molecule has 6 nitrogen and oxygen atoms in total. The molecule has 1 atom stereocenters. The molecule has 0 spiro atoms. The van der Waals surface area contributed by atoms with Crippen molar-refractivity contribution in [2.24, 2.45) is 0 Å². The predicted octanol–water partition coefficient (Wildman–Crippen LogP) is 3.55. The molecule has 1 aromatic carbocycles. The molecule has 0 saturated carbocycles. The number of anilines is 1. The van der Waals surface area contributed by atoms with Crippen molar-refractivity contribution in [3.05, 3.63) is 28.1 Å². The van der Waals surface area contributed by atoms with Crippen molar-refractivity contribution in [2.75, 3.05) is 24.5 Å². The van der Waals surface area contributed by atoms with Crippen LogP contribution >= 0.6 is 11.3 Å². The monoisotopic (exact) mass is 399 g/mol. The molecule has 1 fully saturated rings. The maximum atomic E-state index is 13.0. The first-order valence-electron chi connectivity index (χ1n) is 9.82. The highest BCUT2D eigenvalue weighted by atomic mass is 32.1. The van der Waals surface area contributed by atoms with Crippen LogP contribution in [-0.2, 0) is 9.59 Å². The molecule has 1 aromatic heterocycles. The van der Waals surface area contributed by atoms with Crippen LogP contribution in [0.2, 0.25) is 0 Å². The third kappa shape index (κ3) is 3.39. The molecule has 7 heteroatoms. The Balaban J connectivity index is 1.71. The quantitative estimate of drug-likeness (QED) is 0.789. The second-order valence-corrected chi connectivity index (χ2v) is 8.75. The largest absolute Gasteiger partial charge is 0.478 e. The number of carbonyl (C=O) groups excluding carboxylic acids is 2. The summed E-state index contributed by atoms with van der Waals surface area (Å²) in [6, 6.07) is 5.79. The molecule has 4 rings (SSSR count). The van der Waals surface area contributed by atoms with Crippen LogP contribution in [0.4, 0.5) is 5.69 Å². The van der Waals surface area contributed by atoms with Crippen molar-refractivity contribution in [2.45, 2.75) is 46.1 Å². The molecule has 2 aliphatic rings. The first-order chi connectivity index (χ1) is 13.5. The van der Waals surface area contributed by atoms with Gasteiger partial charge in [-0.05, 0) is 51.3 Å². The number of benzene rings is 1. The minimum atomic E-state index is -0.548. The number of hydrogen-bond acceptors (Lipinski definition) is 5. The number of rotatable bonds is 4. The minimum absolute atomic E-state index is 0.000334. The Labute approximate surface area is 169 Å². The van der Waals surface area contributed by atoms with E-state index in [-0.39, 0.29) is 18.4 Å². The van der Waals surface area contributed by atoms with Crippen molar-refractivity contribution in [3.63, 3.8) is 0 Å². The van der Waals surface area contributed by atoms with Gasteiger partial charge in [0.15, 0.2) is 6.10 Å². The Morgan fingerprint density at radius 1 is 1.29 bits per heavy atom. The first kappa shape index (κ1) is 18.9. The van der Waals surface area contributed by atoms with Gasteiger partial charge in [-0.1, -0.05) is 6.92 Å². The van der Waals surface area contributed by atoms with E-state index < -0.39 is 6.10 Å². The Morgan fingerprint density at radius 3 is 2.68 bits per heavy atom. The fourth-order valence-corrected chi connectivity index (χ4v) is 4.73. The fourth-order valence-electron chi connectivity index (χ4n) is 3.89. The average Bonchev–Trinajstić information content (AvgIpc) is 3.33. The zero-order chi connectivity index (χ0) is 19.8. The summed E-state index contributed by atoms with van der Waals surface area (Å²) < 4.78 is 5.92. The molecule has 1 saturated heterocycles. The van der Waals surface area contributed by atoms with Crippen LogP contribution in [0.15, 0.2) is 18.2 Å². The molecule has 2 aromatic rings. The topological polar surface area (TPSA) is 62.7 Å². The Kier molecular flexibility index (Phi) is 5.10. The van der Waals surface area contributed by atoms with Crippen LogP contribution in [0.25, 0.3) is 11.3 Å². The van der Waals surface area contributed by atoms with E-state index in [0.717, 1.165) is 47.1 Å². The molecule has 0 bridgehead atoms. The van der Waals surface area contributed by atoms with Gasteiger partial charge in [0.25, 0.3) is 5.91 Å². The average molecular weight is 400 g/mol. The number of ether oxygens (including phenoxy) is 1. The number of carbonyl (C=O) groups is 2. The third-order valence-electron chi connectivity index (χ3n) is 5.36. The van der Waals surface area contributed by atoms with Gasteiger partial charge in [0.2, 0.25) is 5.91 Å². The molecule has 2 amide bonds. The third-order valence-corrected chi connectivity index (χ3v) is 6.25. The summed E-state index contributed by atoms with van der Waals surface area (Å²) in [5.74, 6) is 0.500. The number of aryl methyl sites for hydroxylation is 2. The molecular weight excluding hydrogens is 374 g/mol. The summed E-state index contributed by atoms with van der Waals surface area (Å²) in [5, 5.41) is 1.00. The highest BCUT2D eigenvalue weighted by molar-refractivity contribution is 7.11. The van der Waals surface area contributed by atoms with E-state index in [4.69, 9.17) is 4.74 Å². The van der Waals surface area contributed by atoms with Gasteiger partial charge in [-0.2, -0.15) is 0 Å². The van der Waals surface area contributed by atoms with Crippen LogP contribution < -0.4 is 9.64 Å². The SMILES string of the molecule is CCC1Oc2ccc(-c3nc(C)sc3C)cc2N(CC(=O)N2CCCC2)C1=O. The standard InChI is InChI=1S/C21H25N3O3S/c1-4-17-21(26)24(12-19(25)23-9-5-6-10-23)16-11-15(7-8-18(16)27-17)20-13(2)28-14(3)22-20/h7-8,11,17H,4-6,9-10,12H2,1-3H3. The molecule has 3 heterocycles. The Bertz CT molecular complexity index is 918. The summed E-state index contributed by atoms with van der Waals surface area (Å²) in [4.78, 5) is 35.0. The van der Waals surface area contributed by atoms with Gasteiger partial charge in [-0.25, -0.2) is 4.98 Å². The Morgan fingerprint density at radius 2 is 2.04 bits per heavy atom. The zero-order valence-electron chi connectivity index (χ0n) is 16.5. The maximum Gasteiger partial charge on any atom is 0.268 e. The van der Waals surface area contributed by atoms with Crippen molar-refractivity contribution in [3.8, 4) is 17.0 Å². The van der Waals surface area contributed by atoms with Gasteiger partial charge in [0, 0.05) is 23.5 Å². The van der Waals surface area contributed by atoms with E-state index in [1.54, 1.807) is 16.2 Å². The van der Waals surface area contributed by atoms with E-state index >= 15 is 0 Å². The lowest BCUT2D eigenvalue weighted by atomic mass is 10.1.